The van der Waals surface area contributed by atoms with E-state index in [-0.39, 0.29) is 0 Å². The molecule has 0 amide bonds. The average molecular weight is 277 g/mol. The van der Waals surface area contributed by atoms with Crippen LogP contribution in [0.4, 0.5) is 11.5 Å². The molecule has 0 aliphatic rings. The fourth-order valence-corrected chi connectivity index (χ4v) is 1.80. The van der Waals surface area contributed by atoms with Gasteiger partial charge in [0, 0.05) is 16.4 Å². The van der Waals surface area contributed by atoms with Gasteiger partial charge in [0.2, 0.25) is 0 Å². The second-order valence-corrected chi connectivity index (χ2v) is 4.66. The predicted octanol–water partition coefficient (Wildman–Crippen LogP) is 4.20. The molecule has 2 rings (SSSR count). The van der Waals surface area contributed by atoms with Gasteiger partial charge in [-0.3, -0.25) is 0 Å². The molecule has 1 aromatic heterocycles. The van der Waals surface area contributed by atoms with Gasteiger partial charge in [-0.1, -0.05) is 22.0 Å². The molecule has 2 aromatic rings. The Labute approximate surface area is 104 Å². The van der Waals surface area contributed by atoms with E-state index in [1.54, 1.807) is 6.20 Å². The lowest BCUT2D eigenvalue weighted by Crippen LogP contribution is -1.93. The molecule has 16 heavy (non-hydrogen) atoms. The first-order valence-corrected chi connectivity index (χ1v) is 5.90. The van der Waals surface area contributed by atoms with Gasteiger partial charge in [-0.25, -0.2) is 4.98 Å². The Bertz CT molecular complexity index is 509. The Hall–Kier alpha value is -1.35. The monoisotopic (exact) mass is 276 g/mol. The molecule has 1 aromatic carbocycles. The van der Waals surface area contributed by atoms with Crippen LogP contribution in [0, 0.1) is 13.8 Å². The van der Waals surface area contributed by atoms with Crippen molar-refractivity contribution in [1.29, 1.82) is 0 Å². The van der Waals surface area contributed by atoms with Crippen LogP contribution in [-0.4, -0.2) is 4.98 Å². The fourth-order valence-electron chi connectivity index (χ4n) is 1.42. The molecule has 0 saturated heterocycles. The molecule has 0 bridgehead atoms. The van der Waals surface area contributed by atoms with Gasteiger partial charge in [-0.2, -0.15) is 0 Å². The number of pyridine rings is 1. The number of nitrogens with zero attached hydrogens (tertiary/aromatic N) is 1. The SMILES string of the molecule is Cc1ccnc(Nc2ccc(C)c(Br)c2)c1. The summed E-state index contributed by atoms with van der Waals surface area (Å²) in [7, 11) is 0. The van der Waals surface area contributed by atoms with Crippen LogP contribution in [0.3, 0.4) is 0 Å². The van der Waals surface area contributed by atoms with Crippen LogP contribution < -0.4 is 5.32 Å². The molecular weight excluding hydrogens is 264 g/mol. The molecule has 2 nitrogen and oxygen atoms in total. The maximum atomic E-state index is 4.26. The molecule has 0 radical (unpaired) electrons. The van der Waals surface area contributed by atoms with Crippen LogP contribution in [0.2, 0.25) is 0 Å². The van der Waals surface area contributed by atoms with E-state index < -0.39 is 0 Å². The van der Waals surface area contributed by atoms with Crippen LogP contribution in [0.1, 0.15) is 11.1 Å². The summed E-state index contributed by atoms with van der Waals surface area (Å²) in [6.07, 6.45) is 1.81. The maximum absolute atomic E-state index is 4.26. The van der Waals surface area contributed by atoms with Crippen molar-refractivity contribution < 1.29 is 0 Å². The number of rotatable bonds is 2. The van der Waals surface area contributed by atoms with Gasteiger partial charge in [-0.05, 0) is 49.2 Å². The summed E-state index contributed by atoms with van der Waals surface area (Å²) in [5.74, 6) is 0.871. The Morgan fingerprint density at radius 1 is 1.12 bits per heavy atom. The summed E-state index contributed by atoms with van der Waals surface area (Å²) in [5, 5.41) is 3.27. The van der Waals surface area contributed by atoms with Gasteiger partial charge in [0.05, 0.1) is 0 Å². The van der Waals surface area contributed by atoms with Gasteiger partial charge in [0.25, 0.3) is 0 Å². The molecule has 0 atom stereocenters. The van der Waals surface area contributed by atoms with E-state index in [1.807, 2.05) is 18.2 Å². The van der Waals surface area contributed by atoms with Gasteiger partial charge in [0.1, 0.15) is 5.82 Å². The summed E-state index contributed by atoms with van der Waals surface area (Å²) in [4.78, 5) is 4.26. The highest BCUT2D eigenvalue weighted by Crippen LogP contribution is 2.22. The Morgan fingerprint density at radius 3 is 2.62 bits per heavy atom. The first-order valence-electron chi connectivity index (χ1n) is 5.11. The number of aryl methyl sites for hydroxylation is 2. The summed E-state index contributed by atoms with van der Waals surface area (Å²) in [5.41, 5.74) is 3.46. The van der Waals surface area contributed by atoms with E-state index in [2.05, 4.69) is 52.2 Å². The van der Waals surface area contributed by atoms with E-state index in [4.69, 9.17) is 0 Å². The Kier molecular flexibility index (Phi) is 3.25. The highest BCUT2D eigenvalue weighted by atomic mass is 79.9. The number of hydrogen-bond acceptors (Lipinski definition) is 2. The number of hydrogen-bond donors (Lipinski definition) is 1. The predicted molar refractivity (Wildman–Crippen MR) is 71.1 cm³/mol. The minimum Gasteiger partial charge on any atom is -0.340 e. The van der Waals surface area contributed by atoms with E-state index in [0.717, 1.165) is 16.0 Å². The Balaban J connectivity index is 2.24. The van der Waals surface area contributed by atoms with Crippen molar-refractivity contribution in [1.82, 2.24) is 4.98 Å². The number of nitrogens with one attached hydrogen (secondary N) is 1. The van der Waals surface area contributed by atoms with E-state index in [9.17, 15) is 0 Å². The number of anilines is 2. The quantitative estimate of drug-likeness (QED) is 0.889. The fraction of sp³-hybridized carbons (Fsp3) is 0.154. The van der Waals surface area contributed by atoms with Gasteiger partial charge >= 0.3 is 0 Å². The van der Waals surface area contributed by atoms with Crippen molar-refractivity contribution >= 4 is 27.4 Å². The van der Waals surface area contributed by atoms with Gasteiger partial charge < -0.3 is 5.32 Å². The zero-order chi connectivity index (χ0) is 11.5. The van der Waals surface area contributed by atoms with Crippen molar-refractivity contribution in [3.05, 3.63) is 52.1 Å². The van der Waals surface area contributed by atoms with Gasteiger partial charge in [0.15, 0.2) is 0 Å². The number of aromatic nitrogens is 1. The van der Waals surface area contributed by atoms with Gasteiger partial charge in [-0.15, -0.1) is 0 Å². The lowest BCUT2D eigenvalue weighted by Gasteiger charge is -2.07. The highest BCUT2D eigenvalue weighted by molar-refractivity contribution is 9.10. The molecule has 1 heterocycles. The van der Waals surface area contributed by atoms with E-state index >= 15 is 0 Å². The minimum atomic E-state index is 0.871. The van der Waals surface area contributed by atoms with Crippen LogP contribution in [0.15, 0.2) is 41.0 Å². The van der Waals surface area contributed by atoms with Crippen molar-refractivity contribution in [3.8, 4) is 0 Å². The maximum Gasteiger partial charge on any atom is 0.130 e. The third kappa shape index (κ3) is 2.61. The third-order valence-electron chi connectivity index (χ3n) is 2.36. The second-order valence-electron chi connectivity index (χ2n) is 3.81. The molecule has 3 heteroatoms. The van der Waals surface area contributed by atoms with Crippen molar-refractivity contribution in [2.24, 2.45) is 0 Å². The molecular formula is C13H13BrN2. The van der Waals surface area contributed by atoms with Crippen LogP contribution in [-0.2, 0) is 0 Å². The van der Waals surface area contributed by atoms with Crippen molar-refractivity contribution in [2.75, 3.05) is 5.32 Å². The lowest BCUT2D eigenvalue weighted by atomic mass is 10.2. The molecule has 0 saturated carbocycles. The van der Waals surface area contributed by atoms with Crippen molar-refractivity contribution in [2.45, 2.75) is 13.8 Å². The highest BCUT2D eigenvalue weighted by Gasteiger charge is 1.99. The molecule has 0 unspecified atom stereocenters. The normalized spacial score (nSPS) is 10.2. The largest absolute Gasteiger partial charge is 0.340 e. The molecule has 0 aliphatic heterocycles. The Morgan fingerprint density at radius 2 is 1.94 bits per heavy atom. The standard InChI is InChI=1S/C13H13BrN2/c1-9-5-6-15-13(7-9)16-11-4-3-10(2)12(14)8-11/h3-8H,1-2H3,(H,15,16). The van der Waals surface area contributed by atoms with Crippen LogP contribution in [0.5, 0.6) is 0 Å². The lowest BCUT2D eigenvalue weighted by molar-refractivity contribution is 1.27. The molecule has 0 spiro atoms. The van der Waals surface area contributed by atoms with E-state index in [1.165, 1.54) is 11.1 Å². The smallest absolute Gasteiger partial charge is 0.130 e. The summed E-state index contributed by atoms with van der Waals surface area (Å²) >= 11 is 3.51. The number of benzene rings is 1. The zero-order valence-corrected chi connectivity index (χ0v) is 10.9. The van der Waals surface area contributed by atoms with E-state index in [0.29, 0.717) is 0 Å². The molecule has 1 N–H and O–H groups in total. The van der Waals surface area contributed by atoms with Crippen LogP contribution >= 0.6 is 15.9 Å². The summed E-state index contributed by atoms with van der Waals surface area (Å²) in [6, 6.07) is 10.2. The summed E-state index contributed by atoms with van der Waals surface area (Å²) in [6.45, 7) is 4.12. The first-order chi connectivity index (χ1) is 7.65. The molecule has 0 fully saturated rings. The topological polar surface area (TPSA) is 24.9 Å². The second kappa shape index (κ2) is 4.66. The average Bonchev–Trinajstić information content (AvgIpc) is 2.24. The van der Waals surface area contributed by atoms with Crippen LogP contribution in [0.25, 0.3) is 0 Å². The zero-order valence-electron chi connectivity index (χ0n) is 9.29. The molecule has 82 valence electrons. The summed E-state index contributed by atoms with van der Waals surface area (Å²) < 4.78 is 1.10. The third-order valence-corrected chi connectivity index (χ3v) is 3.21. The van der Waals surface area contributed by atoms with Crippen molar-refractivity contribution in [3.63, 3.8) is 0 Å². The molecule has 0 aliphatic carbocycles. The minimum absolute atomic E-state index is 0.871. The number of halogens is 1. The first kappa shape index (κ1) is 11.1.